The molecule has 27 heavy (non-hydrogen) atoms. The van der Waals surface area contributed by atoms with Crippen molar-refractivity contribution in [3.63, 3.8) is 0 Å². The van der Waals surface area contributed by atoms with Gasteiger partial charge in [0.2, 0.25) is 5.91 Å². The van der Waals surface area contributed by atoms with Crippen molar-refractivity contribution in [3.8, 4) is 0 Å². The second-order valence-electron chi connectivity index (χ2n) is 6.75. The van der Waals surface area contributed by atoms with E-state index in [0.29, 0.717) is 25.1 Å². The van der Waals surface area contributed by atoms with E-state index in [2.05, 4.69) is 16.0 Å². The van der Waals surface area contributed by atoms with Gasteiger partial charge in [-0.2, -0.15) is 11.8 Å². The van der Waals surface area contributed by atoms with Gasteiger partial charge in [0.1, 0.15) is 0 Å². The second kappa shape index (κ2) is 11.5. The molecule has 1 aromatic rings. The predicted octanol–water partition coefficient (Wildman–Crippen LogP) is 1.73. The summed E-state index contributed by atoms with van der Waals surface area (Å²) >= 11 is 1.88. The van der Waals surface area contributed by atoms with Gasteiger partial charge in [-0.1, -0.05) is 12.1 Å². The number of rotatable bonds is 7. The molecular formula is C19H28ClN3O3S. The van der Waals surface area contributed by atoms with Crippen molar-refractivity contribution in [2.24, 2.45) is 0 Å². The average Bonchev–Trinajstić information content (AvgIpc) is 3.19. The fourth-order valence-electron chi connectivity index (χ4n) is 3.18. The summed E-state index contributed by atoms with van der Waals surface area (Å²) in [6.07, 6.45) is 2.69. The molecule has 0 aliphatic carbocycles. The first-order chi connectivity index (χ1) is 12.7. The maximum absolute atomic E-state index is 12.3. The molecule has 2 saturated heterocycles. The molecule has 0 aromatic heterocycles. The number of benzene rings is 1. The predicted molar refractivity (Wildman–Crippen MR) is 111 cm³/mol. The zero-order valence-corrected chi connectivity index (χ0v) is 17.0. The summed E-state index contributed by atoms with van der Waals surface area (Å²) in [6.45, 7) is 2.73. The first-order valence-corrected chi connectivity index (χ1v) is 10.4. The van der Waals surface area contributed by atoms with Crippen LogP contribution in [-0.4, -0.2) is 55.2 Å². The minimum absolute atomic E-state index is 0. The molecule has 0 radical (unpaired) electrons. The molecule has 1 aromatic carbocycles. The molecule has 2 atom stereocenters. The van der Waals surface area contributed by atoms with Crippen LogP contribution in [0.1, 0.15) is 35.2 Å². The van der Waals surface area contributed by atoms with E-state index >= 15 is 0 Å². The van der Waals surface area contributed by atoms with E-state index in [0.717, 1.165) is 43.1 Å². The number of thioether (sulfide) groups is 1. The topological polar surface area (TPSA) is 79.5 Å². The van der Waals surface area contributed by atoms with Gasteiger partial charge in [0.05, 0.1) is 6.10 Å². The fraction of sp³-hybridized carbons (Fsp3) is 0.579. The van der Waals surface area contributed by atoms with Crippen LogP contribution in [0.25, 0.3) is 0 Å². The van der Waals surface area contributed by atoms with Gasteiger partial charge in [0.25, 0.3) is 5.91 Å². The zero-order valence-electron chi connectivity index (χ0n) is 15.4. The highest BCUT2D eigenvalue weighted by Gasteiger charge is 2.18. The van der Waals surface area contributed by atoms with Gasteiger partial charge in [0.15, 0.2) is 0 Å². The Hall–Kier alpha value is -1.28. The lowest BCUT2D eigenvalue weighted by atomic mass is 10.1. The Balaban J connectivity index is 0.00000261. The molecule has 0 spiro atoms. The molecule has 2 unspecified atom stereocenters. The van der Waals surface area contributed by atoms with Crippen LogP contribution in [0.4, 0.5) is 0 Å². The summed E-state index contributed by atoms with van der Waals surface area (Å²) < 4.78 is 5.52. The standard InChI is InChI=1S/C19H27N3O3S.ClH/c23-18(10-16-13-26-8-6-20-16)21-11-14-3-1-4-15(9-14)19(24)22-12-17-5-2-7-25-17;/h1,3-4,9,16-17,20H,2,5-8,10-13H2,(H,21,23)(H,22,24);1H. The van der Waals surface area contributed by atoms with E-state index in [1.165, 1.54) is 0 Å². The summed E-state index contributed by atoms with van der Waals surface area (Å²) in [4.78, 5) is 24.4. The van der Waals surface area contributed by atoms with E-state index in [1.807, 2.05) is 30.0 Å². The lowest BCUT2D eigenvalue weighted by Gasteiger charge is -2.22. The van der Waals surface area contributed by atoms with Crippen LogP contribution in [0.2, 0.25) is 0 Å². The Bertz CT molecular complexity index is 620. The third-order valence-corrected chi connectivity index (χ3v) is 5.75. The van der Waals surface area contributed by atoms with E-state index in [1.54, 1.807) is 6.07 Å². The van der Waals surface area contributed by atoms with Crippen LogP contribution in [0.3, 0.4) is 0 Å². The highest BCUT2D eigenvalue weighted by Crippen LogP contribution is 2.12. The summed E-state index contributed by atoms with van der Waals surface area (Å²) in [5.41, 5.74) is 1.54. The summed E-state index contributed by atoms with van der Waals surface area (Å²) in [7, 11) is 0. The summed E-state index contributed by atoms with van der Waals surface area (Å²) in [6, 6.07) is 7.65. The van der Waals surface area contributed by atoms with Crippen molar-refractivity contribution in [1.82, 2.24) is 16.0 Å². The number of nitrogens with one attached hydrogen (secondary N) is 3. The van der Waals surface area contributed by atoms with Crippen LogP contribution >= 0.6 is 24.2 Å². The van der Waals surface area contributed by atoms with Crippen LogP contribution < -0.4 is 16.0 Å². The molecule has 3 N–H and O–H groups in total. The number of halogens is 1. The Labute approximate surface area is 171 Å². The van der Waals surface area contributed by atoms with Crippen LogP contribution in [0.15, 0.2) is 24.3 Å². The maximum Gasteiger partial charge on any atom is 0.251 e. The first-order valence-electron chi connectivity index (χ1n) is 9.27. The van der Waals surface area contributed by atoms with Crippen LogP contribution in [0, 0.1) is 0 Å². The minimum atomic E-state index is -0.0999. The molecule has 2 aliphatic heterocycles. The molecule has 2 aliphatic rings. The van der Waals surface area contributed by atoms with Gasteiger partial charge < -0.3 is 20.7 Å². The number of carbonyl (C=O) groups is 2. The fourth-order valence-corrected chi connectivity index (χ4v) is 4.13. The lowest BCUT2D eigenvalue weighted by molar-refractivity contribution is -0.121. The van der Waals surface area contributed by atoms with Gasteiger partial charge in [-0.15, -0.1) is 12.4 Å². The molecule has 2 fully saturated rings. The van der Waals surface area contributed by atoms with E-state index in [-0.39, 0.29) is 36.4 Å². The van der Waals surface area contributed by atoms with Crippen molar-refractivity contribution in [1.29, 1.82) is 0 Å². The third kappa shape index (κ3) is 7.33. The third-order valence-electron chi connectivity index (χ3n) is 4.62. The van der Waals surface area contributed by atoms with Crippen molar-refractivity contribution >= 4 is 36.0 Å². The van der Waals surface area contributed by atoms with Crippen molar-refractivity contribution in [3.05, 3.63) is 35.4 Å². The average molecular weight is 414 g/mol. The van der Waals surface area contributed by atoms with Crippen molar-refractivity contribution in [2.45, 2.75) is 38.0 Å². The van der Waals surface area contributed by atoms with Gasteiger partial charge in [0, 0.05) is 55.8 Å². The molecule has 3 rings (SSSR count). The number of ether oxygens (including phenoxy) is 1. The minimum Gasteiger partial charge on any atom is -0.376 e. The molecule has 150 valence electrons. The van der Waals surface area contributed by atoms with Gasteiger partial charge >= 0.3 is 0 Å². The molecule has 2 heterocycles. The molecule has 6 nitrogen and oxygen atoms in total. The SMILES string of the molecule is Cl.O=C(CC1CSCCN1)NCc1cccc(C(=O)NCC2CCCO2)c1. The van der Waals surface area contributed by atoms with E-state index < -0.39 is 0 Å². The summed E-state index contributed by atoms with van der Waals surface area (Å²) in [5.74, 6) is 2.03. The van der Waals surface area contributed by atoms with Crippen molar-refractivity contribution in [2.75, 3.05) is 31.2 Å². The summed E-state index contributed by atoms with van der Waals surface area (Å²) in [5, 5.41) is 9.24. The van der Waals surface area contributed by atoms with Crippen molar-refractivity contribution < 1.29 is 14.3 Å². The molecule has 0 saturated carbocycles. The highest BCUT2D eigenvalue weighted by molar-refractivity contribution is 7.99. The van der Waals surface area contributed by atoms with Crippen LogP contribution in [0.5, 0.6) is 0 Å². The monoisotopic (exact) mass is 413 g/mol. The highest BCUT2D eigenvalue weighted by atomic mass is 35.5. The van der Waals surface area contributed by atoms with Gasteiger partial charge in [-0.25, -0.2) is 0 Å². The number of hydrogen-bond acceptors (Lipinski definition) is 5. The Morgan fingerprint density at radius 1 is 1.30 bits per heavy atom. The second-order valence-corrected chi connectivity index (χ2v) is 7.90. The molecular weight excluding hydrogens is 386 g/mol. The number of carbonyl (C=O) groups excluding carboxylic acids is 2. The molecule has 2 amide bonds. The van der Waals surface area contributed by atoms with Gasteiger partial charge in [-0.05, 0) is 30.5 Å². The Morgan fingerprint density at radius 2 is 2.19 bits per heavy atom. The van der Waals surface area contributed by atoms with Gasteiger partial charge in [-0.3, -0.25) is 9.59 Å². The zero-order chi connectivity index (χ0) is 18.2. The smallest absolute Gasteiger partial charge is 0.251 e. The number of hydrogen-bond donors (Lipinski definition) is 3. The van der Waals surface area contributed by atoms with E-state index in [9.17, 15) is 9.59 Å². The lowest BCUT2D eigenvalue weighted by Crippen LogP contribution is -2.41. The van der Waals surface area contributed by atoms with E-state index in [4.69, 9.17) is 4.74 Å². The molecule has 0 bridgehead atoms. The quantitative estimate of drug-likeness (QED) is 0.634. The molecule has 8 heteroatoms. The normalized spacial score (nSPS) is 21.9. The van der Waals surface area contributed by atoms with Crippen LogP contribution in [-0.2, 0) is 16.1 Å². The Morgan fingerprint density at radius 3 is 2.93 bits per heavy atom. The number of amides is 2. The first kappa shape index (κ1) is 22.0. The maximum atomic E-state index is 12.3. The largest absolute Gasteiger partial charge is 0.376 e. The Kier molecular flexibility index (Phi) is 9.41.